The van der Waals surface area contributed by atoms with Crippen molar-refractivity contribution in [1.82, 2.24) is 5.43 Å². The molecule has 102 valence electrons. The highest BCUT2D eigenvalue weighted by Crippen LogP contribution is 2.08. The number of nitrogens with one attached hydrogen (secondary N) is 1. The fourth-order valence-corrected chi connectivity index (χ4v) is 1.78. The van der Waals surface area contributed by atoms with Crippen LogP contribution in [0, 0.1) is 20.8 Å². The van der Waals surface area contributed by atoms with Gasteiger partial charge < -0.3 is 0 Å². The maximum absolute atomic E-state index is 11.8. The average Bonchev–Trinajstić information content (AvgIpc) is 2.43. The van der Waals surface area contributed by atoms with E-state index >= 15 is 0 Å². The standard InChI is InChI=1S/C17H18N2O/c1-12-4-8-16(9-5-12)17(20)19-18-11-15-7-6-13(2)14(3)10-15/h4-11H,1-3H3,(H,19,20). The third kappa shape index (κ3) is 3.54. The van der Waals surface area contributed by atoms with Crippen molar-refractivity contribution >= 4 is 12.1 Å². The number of rotatable bonds is 3. The quantitative estimate of drug-likeness (QED) is 0.671. The average molecular weight is 266 g/mol. The lowest BCUT2D eigenvalue weighted by molar-refractivity contribution is 0.0955. The zero-order valence-corrected chi connectivity index (χ0v) is 12.0. The van der Waals surface area contributed by atoms with Crippen molar-refractivity contribution in [2.45, 2.75) is 20.8 Å². The topological polar surface area (TPSA) is 41.5 Å². The van der Waals surface area contributed by atoms with Crippen LogP contribution in [-0.4, -0.2) is 12.1 Å². The van der Waals surface area contributed by atoms with Crippen LogP contribution in [0.2, 0.25) is 0 Å². The van der Waals surface area contributed by atoms with Gasteiger partial charge in [-0.25, -0.2) is 5.43 Å². The first-order chi connectivity index (χ1) is 9.56. The highest BCUT2D eigenvalue weighted by Gasteiger charge is 2.02. The molecule has 1 amide bonds. The molecule has 0 bridgehead atoms. The van der Waals surface area contributed by atoms with Crippen LogP contribution < -0.4 is 5.43 Å². The van der Waals surface area contributed by atoms with Crippen molar-refractivity contribution < 1.29 is 4.79 Å². The summed E-state index contributed by atoms with van der Waals surface area (Å²) in [7, 11) is 0. The van der Waals surface area contributed by atoms with Crippen LogP contribution in [0.3, 0.4) is 0 Å². The summed E-state index contributed by atoms with van der Waals surface area (Å²) in [6.45, 7) is 6.10. The molecule has 0 fully saturated rings. The van der Waals surface area contributed by atoms with Crippen LogP contribution in [0.5, 0.6) is 0 Å². The number of amides is 1. The number of aryl methyl sites for hydroxylation is 3. The zero-order valence-electron chi connectivity index (χ0n) is 12.0. The lowest BCUT2D eigenvalue weighted by Gasteiger charge is -2.02. The first-order valence-corrected chi connectivity index (χ1v) is 6.53. The summed E-state index contributed by atoms with van der Waals surface area (Å²) in [5.74, 6) is -0.204. The Labute approximate surface area is 119 Å². The summed E-state index contributed by atoms with van der Waals surface area (Å²) in [4.78, 5) is 11.8. The van der Waals surface area contributed by atoms with E-state index in [4.69, 9.17) is 0 Å². The first-order valence-electron chi connectivity index (χ1n) is 6.53. The van der Waals surface area contributed by atoms with Gasteiger partial charge in [-0.05, 0) is 49.6 Å². The van der Waals surface area contributed by atoms with Crippen molar-refractivity contribution in [2.75, 3.05) is 0 Å². The van der Waals surface area contributed by atoms with E-state index in [2.05, 4.69) is 24.4 Å². The van der Waals surface area contributed by atoms with Crippen LogP contribution in [0.25, 0.3) is 0 Å². The molecular weight excluding hydrogens is 248 g/mol. The van der Waals surface area contributed by atoms with Crippen molar-refractivity contribution in [2.24, 2.45) is 5.10 Å². The summed E-state index contributed by atoms with van der Waals surface area (Å²) < 4.78 is 0. The normalized spacial score (nSPS) is 10.8. The Morgan fingerprint density at radius 2 is 1.70 bits per heavy atom. The van der Waals surface area contributed by atoms with Crippen LogP contribution in [0.15, 0.2) is 47.6 Å². The molecule has 0 aliphatic carbocycles. The van der Waals surface area contributed by atoms with E-state index in [9.17, 15) is 4.79 Å². The van der Waals surface area contributed by atoms with Gasteiger partial charge in [0, 0.05) is 5.56 Å². The lowest BCUT2D eigenvalue weighted by Crippen LogP contribution is -2.17. The number of hydrogen-bond donors (Lipinski definition) is 1. The minimum absolute atomic E-state index is 0.204. The fraction of sp³-hybridized carbons (Fsp3) is 0.176. The van der Waals surface area contributed by atoms with E-state index in [1.807, 2.05) is 37.3 Å². The molecule has 0 atom stereocenters. The highest BCUT2D eigenvalue weighted by molar-refractivity contribution is 5.94. The molecule has 3 heteroatoms. The molecule has 0 aliphatic rings. The zero-order chi connectivity index (χ0) is 14.5. The Bertz CT molecular complexity index is 643. The molecule has 0 heterocycles. The molecule has 0 saturated heterocycles. The Morgan fingerprint density at radius 3 is 2.35 bits per heavy atom. The van der Waals surface area contributed by atoms with Gasteiger partial charge in [0.1, 0.15) is 0 Å². The number of nitrogens with zero attached hydrogens (tertiary/aromatic N) is 1. The second-order valence-corrected chi connectivity index (χ2v) is 4.91. The van der Waals surface area contributed by atoms with E-state index in [1.165, 1.54) is 11.1 Å². The minimum Gasteiger partial charge on any atom is -0.267 e. The molecule has 0 aliphatic heterocycles. The summed E-state index contributed by atoms with van der Waals surface area (Å²) in [6.07, 6.45) is 1.65. The summed E-state index contributed by atoms with van der Waals surface area (Å²) in [5, 5.41) is 3.99. The molecule has 2 aromatic rings. The van der Waals surface area contributed by atoms with E-state index in [0.717, 1.165) is 11.1 Å². The minimum atomic E-state index is -0.204. The molecule has 0 spiro atoms. The number of hydrogen-bond acceptors (Lipinski definition) is 2. The first kappa shape index (κ1) is 14.0. The van der Waals surface area contributed by atoms with Gasteiger partial charge in [-0.2, -0.15) is 5.10 Å². The van der Waals surface area contributed by atoms with Crippen LogP contribution in [0.1, 0.15) is 32.6 Å². The van der Waals surface area contributed by atoms with E-state index < -0.39 is 0 Å². The van der Waals surface area contributed by atoms with Gasteiger partial charge >= 0.3 is 0 Å². The van der Waals surface area contributed by atoms with Gasteiger partial charge in [0.05, 0.1) is 6.21 Å². The van der Waals surface area contributed by atoms with Gasteiger partial charge in [-0.15, -0.1) is 0 Å². The summed E-state index contributed by atoms with van der Waals surface area (Å²) in [5.41, 5.74) is 7.68. The number of carbonyl (C=O) groups is 1. The van der Waals surface area contributed by atoms with Gasteiger partial charge in [0.2, 0.25) is 0 Å². The van der Waals surface area contributed by atoms with Gasteiger partial charge in [-0.1, -0.05) is 35.9 Å². The van der Waals surface area contributed by atoms with Crippen LogP contribution in [-0.2, 0) is 0 Å². The van der Waals surface area contributed by atoms with Crippen molar-refractivity contribution in [1.29, 1.82) is 0 Å². The molecular formula is C17H18N2O. The smallest absolute Gasteiger partial charge is 0.267 e. The molecule has 2 rings (SSSR count). The van der Waals surface area contributed by atoms with E-state index in [0.29, 0.717) is 5.56 Å². The molecule has 0 aromatic heterocycles. The second-order valence-electron chi connectivity index (χ2n) is 4.91. The predicted octanol–water partition coefficient (Wildman–Crippen LogP) is 3.38. The molecule has 2 aromatic carbocycles. The van der Waals surface area contributed by atoms with Crippen LogP contribution >= 0.6 is 0 Å². The number of hydrazone groups is 1. The second kappa shape index (κ2) is 6.15. The van der Waals surface area contributed by atoms with Crippen LogP contribution in [0.4, 0.5) is 0 Å². The Kier molecular flexibility index (Phi) is 4.31. The SMILES string of the molecule is Cc1ccc(C(=O)NN=Cc2ccc(C)c(C)c2)cc1. The fourth-order valence-electron chi connectivity index (χ4n) is 1.78. The Hall–Kier alpha value is -2.42. The molecule has 20 heavy (non-hydrogen) atoms. The maximum atomic E-state index is 11.8. The molecule has 3 nitrogen and oxygen atoms in total. The molecule has 0 radical (unpaired) electrons. The molecule has 0 unspecified atom stereocenters. The largest absolute Gasteiger partial charge is 0.271 e. The van der Waals surface area contributed by atoms with E-state index in [-0.39, 0.29) is 5.91 Å². The highest BCUT2D eigenvalue weighted by atomic mass is 16.2. The number of carbonyl (C=O) groups excluding carboxylic acids is 1. The molecule has 1 N–H and O–H groups in total. The summed E-state index contributed by atoms with van der Waals surface area (Å²) in [6, 6.07) is 13.4. The maximum Gasteiger partial charge on any atom is 0.271 e. The van der Waals surface area contributed by atoms with Crippen molar-refractivity contribution in [3.05, 3.63) is 70.3 Å². The Morgan fingerprint density at radius 1 is 1.00 bits per heavy atom. The van der Waals surface area contributed by atoms with Gasteiger partial charge in [0.15, 0.2) is 0 Å². The molecule has 0 saturated carbocycles. The Balaban J connectivity index is 2.00. The predicted molar refractivity (Wildman–Crippen MR) is 82.2 cm³/mol. The lowest BCUT2D eigenvalue weighted by atomic mass is 10.1. The van der Waals surface area contributed by atoms with Crippen molar-refractivity contribution in [3.8, 4) is 0 Å². The van der Waals surface area contributed by atoms with E-state index in [1.54, 1.807) is 18.3 Å². The third-order valence-electron chi connectivity index (χ3n) is 3.22. The monoisotopic (exact) mass is 266 g/mol. The van der Waals surface area contributed by atoms with Gasteiger partial charge in [-0.3, -0.25) is 4.79 Å². The van der Waals surface area contributed by atoms with Gasteiger partial charge in [0.25, 0.3) is 5.91 Å². The summed E-state index contributed by atoms with van der Waals surface area (Å²) >= 11 is 0. The van der Waals surface area contributed by atoms with Crippen molar-refractivity contribution in [3.63, 3.8) is 0 Å². The number of benzene rings is 2. The third-order valence-corrected chi connectivity index (χ3v) is 3.22.